The molecule has 0 unspecified atom stereocenters. The van der Waals surface area contributed by atoms with Gasteiger partial charge in [0, 0.05) is 17.7 Å². The largest absolute Gasteiger partial charge is 0.512 e. The Morgan fingerprint density at radius 3 is 2.40 bits per heavy atom. The van der Waals surface area contributed by atoms with Crippen LogP contribution in [0.3, 0.4) is 0 Å². The number of fused-ring (bicyclic) bond motifs is 2. The van der Waals surface area contributed by atoms with Gasteiger partial charge < -0.3 is 38.5 Å². The van der Waals surface area contributed by atoms with Crippen molar-refractivity contribution in [3.05, 3.63) is 48.0 Å². The highest BCUT2D eigenvalue weighted by atomic mass is 32.1. The molecule has 0 aliphatic rings. The number of aromatic hydroxyl groups is 1. The van der Waals surface area contributed by atoms with E-state index < -0.39 is 6.16 Å². The summed E-state index contributed by atoms with van der Waals surface area (Å²) >= 11 is 1.11. The molecule has 2 N–H and O–H groups in total. The molecule has 3 aromatic carbocycles. The summed E-state index contributed by atoms with van der Waals surface area (Å²) in [6.45, 7) is 3.93. The average Bonchev–Trinajstić information content (AvgIpc) is 3.50. The fraction of sp³-hybridized carbons (Fsp3) is 0.250. The minimum atomic E-state index is -1.53. The molecule has 0 aliphatic heterocycles. The Labute approximate surface area is 233 Å². The van der Waals surface area contributed by atoms with E-state index in [1.54, 1.807) is 22.8 Å². The van der Waals surface area contributed by atoms with Crippen molar-refractivity contribution in [2.45, 2.75) is 26.5 Å². The SMILES string of the molecule is COc1ccc(-c2c(OC(=O)O)n(Cc3ccc4nsnc4c3)c3cc(OC)c(OC(C)C)c(OC)c23)c(O)c1. The molecule has 0 radical (unpaired) electrons. The Kier molecular flexibility index (Phi) is 7.26. The molecular formula is C28H27N3O8S. The molecule has 0 aliphatic carbocycles. The Morgan fingerprint density at radius 2 is 1.75 bits per heavy atom. The Bertz CT molecular complexity index is 1730. The number of hydrogen-bond acceptors (Lipinski definition) is 10. The highest BCUT2D eigenvalue weighted by Gasteiger charge is 2.31. The first-order valence-electron chi connectivity index (χ1n) is 12.2. The maximum Gasteiger partial charge on any atom is 0.512 e. The molecule has 0 saturated heterocycles. The summed E-state index contributed by atoms with van der Waals surface area (Å²) in [4.78, 5) is 12.0. The van der Waals surface area contributed by atoms with Crippen LogP contribution < -0.4 is 23.7 Å². The number of benzene rings is 3. The number of ether oxygens (including phenoxy) is 5. The van der Waals surface area contributed by atoms with Gasteiger partial charge in [-0.05, 0) is 43.7 Å². The predicted molar refractivity (Wildman–Crippen MR) is 150 cm³/mol. The summed E-state index contributed by atoms with van der Waals surface area (Å²) in [5, 5.41) is 21.3. The molecule has 2 aromatic heterocycles. The number of phenolic OH excluding ortho intramolecular Hbond substituents is 1. The smallest absolute Gasteiger partial charge is 0.507 e. The molecule has 0 amide bonds. The number of nitrogens with zero attached hydrogens (tertiary/aromatic N) is 3. The zero-order valence-electron chi connectivity index (χ0n) is 22.4. The number of rotatable bonds is 9. The molecule has 11 nitrogen and oxygen atoms in total. The lowest BCUT2D eigenvalue weighted by molar-refractivity contribution is 0.141. The second kappa shape index (κ2) is 10.8. The lowest BCUT2D eigenvalue weighted by atomic mass is 10.0. The minimum absolute atomic E-state index is 0.0264. The minimum Gasteiger partial charge on any atom is -0.507 e. The number of hydrogen-bond donors (Lipinski definition) is 2. The van der Waals surface area contributed by atoms with Gasteiger partial charge in [0.15, 0.2) is 11.5 Å². The maximum absolute atomic E-state index is 12.0. The molecule has 5 rings (SSSR count). The van der Waals surface area contributed by atoms with Crippen molar-refractivity contribution in [3.8, 4) is 45.8 Å². The quantitative estimate of drug-likeness (QED) is 0.207. The zero-order chi connectivity index (χ0) is 28.6. The van der Waals surface area contributed by atoms with Crippen molar-refractivity contribution in [1.82, 2.24) is 13.3 Å². The number of phenols is 1. The van der Waals surface area contributed by atoms with Gasteiger partial charge in [-0.15, -0.1) is 0 Å². The molecule has 0 fully saturated rings. The van der Waals surface area contributed by atoms with Gasteiger partial charge in [-0.3, -0.25) is 0 Å². The van der Waals surface area contributed by atoms with E-state index in [4.69, 9.17) is 23.7 Å². The van der Waals surface area contributed by atoms with Gasteiger partial charge in [-0.2, -0.15) is 8.75 Å². The van der Waals surface area contributed by atoms with Crippen molar-refractivity contribution >= 4 is 39.8 Å². The van der Waals surface area contributed by atoms with Crippen LogP contribution >= 0.6 is 11.7 Å². The molecule has 208 valence electrons. The van der Waals surface area contributed by atoms with Crippen LogP contribution in [0.2, 0.25) is 0 Å². The normalized spacial score (nSPS) is 11.2. The Balaban J connectivity index is 1.89. The lowest BCUT2D eigenvalue weighted by Crippen LogP contribution is -2.10. The summed E-state index contributed by atoms with van der Waals surface area (Å²) in [6.07, 6.45) is -1.75. The van der Waals surface area contributed by atoms with E-state index in [9.17, 15) is 15.0 Å². The first kappa shape index (κ1) is 26.9. The van der Waals surface area contributed by atoms with Gasteiger partial charge in [-0.1, -0.05) is 6.07 Å². The molecule has 40 heavy (non-hydrogen) atoms. The van der Waals surface area contributed by atoms with Crippen molar-refractivity contribution in [2.75, 3.05) is 21.3 Å². The Hall–Kier alpha value is -4.71. The summed E-state index contributed by atoms with van der Waals surface area (Å²) in [5.41, 5.74) is 3.42. The van der Waals surface area contributed by atoms with E-state index in [-0.39, 0.29) is 24.3 Å². The third kappa shape index (κ3) is 4.77. The molecule has 0 saturated carbocycles. The van der Waals surface area contributed by atoms with Gasteiger partial charge in [-0.25, -0.2) is 4.79 Å². The van der Waals surface area contributed by atoms with Gasteiger partial charge >= 0.3 is 6.16 Å². The van der Waals surface area contributed by atoms with Crippen LogP contribution in [0.5, 0.6) is 34.6 Å². The van der Waals surface area contributed by atoms with Crippen LogP contribution in [0, 0.1) is 0 Å². The number of methoxy groups -OCH3 is 3. The van der Waals surface area contributed by atoms with Crippen LogP contribution in [-0.2, 0) is 6.54 Å². The summed E-state index contributed by atoms with van der Waals surface area (Å²) < 4.78 is 38.6. The summed E-state index contributed by atoms with van der Waals surface area (Å²) in [5.74, 6) is 1.25. The average molecular weight is 566 g/mol. The standard InChI is InChI=1S/C28H27N3O8S/c1-14(2)38-25-22(36-4)12-20-24(26(25)37-5)23(17-8-7-16(35-3)11-21(17)32)27(39-28(33)34)31(20)13-15-6-9-18-19(10-15)30-40-29-18/h6-12,14,32H,13H2,1-5H3,(H,33,34). The van der Waals surface area contributed by atoms with Crippen molar-refractivity contribution in [3.63, 3.8) is 0 Å². The van der Waals surface area contributed by atoms with Gasteiger partial charge in [0.1, 0.15) is 22.5 Å². The molecule has 2 heterocycles. The fourth-order valence-electron chi connectivity index (χ4n) is 4.66. The van der Waals surface area contributed by atoms with Crippen LogP contribution in [0.25, 0.3) is 33.1 Å². The van der Waals surface area contributed by atoms with E-state index in [1.807, 2.05) is 32.0 Å². The fourth-order valence-corrected chi connectivity index (χ4v) is 5.17. The van der Waals surface area contributed by atoms with Crippen LogP contribution in [0.4, 0.5) is 4.79 Å². The molecular weight excluding hydrogens is 538 g/mol. The molecule has 0 atom stereocenters. The highest BCUT2D eigenvalue weighted by Crippen LogP contribution is 2.53. The third-order valence-electron chi connectivity index (χ3n) is 6.28. The second-order valence-electron chi connectivity index (χ2n) is 9.11. The first-order chi connectivity index (χ1) is 19.2. The van der Waals surface area contributed by atoms with E-state index in [0.717, 1.165) is 28.3 Å². The first-order valence-corrected chi connectivity index (χ1v) is 13.0. The van der Waals surface area contributed by atoms with E-state index in [0.29, 0.717) is 45.0 Å². The van der Waals surface area contributed by atoms with E-state index in [2.05, 4.69) is 8.75 Å². The van der Waals surface area contributed by atoms with Crippen molar-refractivity contribution in [2.24, 2.45) is 0 Å². The Morgan fingerprint density at radius 1 is 0.975 bits per heavy atom. The lowest BCUT2D eigenvalue weighted by Gasteiger charge is -2.18. The van der Waals surface area contributed by atoms with Crippen molar-refractivity contribution in [1.29, 1.82) is 0 Å². The van der Waals surface area contributed by atoms with E-state index in [1.165, 1.54) is 27.4 Å². The number of carbonyl (C=O) groups is 1. The van der Waals surface area contributed by atoms with Crippen molar-refractivity contribution < 1.29 is 38.7 Å². The molecule has 5 aromatic rings. The van der Waals surface area contributed by atoms with Gasteiger partial charge in [0.05, 0.1) is 62.2 Å². The predicted octanol–water partition coefficient (Wildman–Crippen LogP) is 5.94. The number of carboxylic acid groups (broad SMARTS) is 1. The molecule has 0 spiro atoms. The summed E-state index contributed by atoms with van der Waals surface area (Å²) in [6, 6.07) is 12.1. The highest BCUT2D eigenvalue weighted by molar-refractivity contribution is 7.00. The molecule has 0 bridgehead atoms. The van der Waals surface area contributed by atoms with Gasteiger partial charge in [0.25, 0.3) is 0 Å². The van der Waals surface area contributed by atoms with Crippen LogP contribution in [0.15, 0.2) is 42.5 Å². The maximum atomic E-state index is 12.0. The van der Waals surface area contributed by atoms with E-state index >= 15 is 0 Å². The third-order valence-corrected chi connectivity index (χ3v) is 6.83. The zero-order valence-corrected chi connectivity index (χ0v) is 23.2. The topological polar surface area (TPSA) is 134 Å². The van der Waals surface area contributed by atoms with Gasteiger partial charge in [0.2, 0.25) is 11.6 Å². The second-order valence-corrected chi connectivity index (χ2v) is 9.64. The summed E-state index contributed by atoms with van der Waals surface area (Å²) in [7, 11) is 4.48. The number of aromatic nitrogens is 3. The molecule has 12 heteroatoms. The van der Waals surface area contributed by atoms with Crippen LogP contribution in [-0.4, -0.2) is 57.1 Å². The van der Waals surface area contributed by atoms with Crippen LogP contribution in [0.1, 0.15) is 19.4 Å². The monoisotopic (exact) mass is 565 g/mol.